The van der Waals surface area contributed by atoms with E-state index in [0.29, 0.717) is 12.3 Å². The number of hydrogen-bond donors (Lipinski definition) is 1. The molecule has 3 nitrogen and oxygen atoms in total. The lowest BCUT2D eigenvalue weighted by molar-refractivity contribution is -0.137. The Hall–Kier alpha value is -1.74. The zero-order valence-electron chi connectivity index (χ0n) is 11.0. The Morgan fingerprint density at radius 3 is 2.75 bits per heavy atom. The first-order valence-electron chi connectivity index (χ1n) is 6.41. The van der Waals surface area contributed by atoms with Crippen molar-refractivity contribution < 1.29 is 17.9 Å². The van der Waals surface area contributed by atoms with Gasteiger partial charge in [-0.25, -0.2) is 0 Å². The van der Waals surface area contributed by atoms with Crippen molar-refractivity contribution in [1.82, 2.24) is 0 Å². The predicted octanol–water partition coefficient (Wildman–Crippen LogP) is 3.56. The van der Waals surface area contributed by atoms with Crippen molar-refractivity contribution in [3.05, 3.63) is 29.3 Å². The van der Waals surface area contributed by atoms with Crippen molar-refractivity contribution in [2.45, 2.75) is 38.1 Å². The lowest BCUT2D eigenvalue weighted by atomic mass is 10.1. The minimum atomic E-state index is -4.44. The molecule has 0 aromatic heterocycles. The molecule has 20 heavy (non-hydrogen) atoms. The average molecular weight is 284 g/mol. The van der Waals surface area contributed by atoms with Gasteiger partial charge in [-0.2, -0.15) is 18.4 Å². The number of halogens is 3. The van der Waals surface area contributed by atoms with Gasteiger partial charge in [0.15, 0.2) is 0 Å². The van der Waals surface area contributed by atoms with E-state index in [4.69, 9.17) is 10.00 Å². The molecule has 0 saturated carbocycles. The zero-order valence-corrected chi connectivity index (χ0v) is 11.0. The first-order chi connectivity index (χ1) is 9.41. The highest BCUT2D eigenvalue weighted by molar-refractivity contribution is 5.59. The predicted molar refractivity (Wildman–Crippen MR) is 68.2 cm³/mol. The topological polar surface area (TPSA) is 45.0 Å². The number of nitrogens with zero attached hydrogens (tertiary/aromatic N) is 1. The summed E-state index contributed by atoms with van der Waals surface area (Å²) in [6.45, 7) is 2.60. The van der Waals surface area contributed by atoms with Crippen LogP contribution in [0.3, 0.4) is 0 Å². The van der Waals surface area contributed by atoms with Crippen LogP contribution in [0.5, 0.6) is 0 Å². The second kappa shape index (κ2) is 5.71. The Bertz CT molecular complexity index is 516. The molecule has 1 heterocycles. The van der Waals surface area contributed by atoms with Crippen LogP contribution in [0.2, 0.25) is 0 Å². The van der Waals surface area contributed by atoms with Gasteiger partial charge in [-0.1, -0.05) is 0 Å². The summed E-state index contributed by atoms with van der Waals surface area (Å²) in [5.74, 6) is 0. The van der Waals surface area contributed by atoms with Crippen LogP contribution >= 0.6 is 0 Å². The van der Waals surface area contributed by atoms with Crippen LogP contribution < -0.4 is 5.32 Å². The standard InChI is InChI=1S/C14H15F3N2O/c1-9(13-3-2-6-20-13)19-12-5-4-11(14(15,16)17)7-10(12)8-18/h4-5,7,9,13,19H,2-3,6H2,1H3. The molecule has 2 rings (SSSR count). The van der Waals surface area contributed by atoms with E-state index in [1.54, 1.807) is 6.07 Å². The van der Waals surface area contributed by atoms with Crippen molar-refractivity contribution in [3.63, 3.8) is 0 Å². The van der Waals surface area contributed by atoms with Crippen LogP contribution in [0.25, 0.3) is 0 Å². The number of ether oxygens (including phenoxy) is 1. The Morgan fingerprint density at radius 2 is 2.20 bits per heavy atom. The summed E-state index contributed by atoms with van der Waals surface area (Å²) in [4.78, 5) is 0. The lowest BCUT2D eigenvalue weighted by Gasteiger charge is -2.22. The minimum Gasteiger partial charge on any atom is -0.379 e. The van der Waals surface area contributed by atoms with Crippen LogP contribution in [0.4, 0.5) is 18.9 Å². The van der Waals surface area contributed by atoms with E-state index in [-0.39, 0.29) is 17.7 Å². The summed E-state index contributed by atoms with van der Waals surface area (Å²) in [5, 5.41) is 12.1. The molecule has 108 valence electrons. The molecule has 1 aliphatic heterocycles. The number of anilines is 1. The van der Waals surface area contributed by atoms with Gasteiger partial charge in [-0.3, -0.25) is 0 Å². The third-order valence-electron chi connectivity index (χ3n) is 3.37. The van der Waals surface area contributed by atoms with Gasteiger partial charge in [0.25, 0.3) is 0 Å². The average Bonchev–Trinajstić information content (AvgIpc) is 2.91. The summed E-state index contributed by atoms with van der Waals surface area (Å²) in [7, 11) is 0. The maximum absolute atomic E-state index is 12.6. The van der Waals surface area contributed by atoms with Gasteiger partial charge in [0.1, 0.15) is 6.07 Å². The molecular formula is C14H15F3N2O. The highest BCUT2D eigenvalue weighted by atomic mass is 19.4. The summed E-state index contributed by atoms with van der Waals surface area (Å²) in [5.41, 5.74) is -0.419. The van der Waals surface area contributed by atoms with Crippen LogP contribution in [-0.2, 0) is 10.9 Å². The summed E-state index contributed by atoms with van der Waals surface area (Å²) in [6, 6.07) is 4.89. The van der Waals surface area contributed by atoms with Gasteiger partial charge >= 0.3 is 6.18 Å². The first-order valence-corrected chi connectivity index (χ1v) is 6.41. The monoisotopic (exact) mass is 284 g/mol. The van der Waals surface area contributed by atoms with Crippen molar-refractivity contribution in [3.8, 4) is 6.07 Å². The smallest absolute Gasteiger partial charge is 0.379 e. The number of alkyl halides is 3. The fraction of sp³-hybridized carbons (Fsp3) is 0.500. The molecule has 1 saturated heterocycles. The molecule has 1 N–H and O–H groups in total. The van der Waals surface area contributed by atoms with Crippen LogP contribution in [0.1, 0.15) is 30.9 Å². The number of benzene rings is 1. The van der Waals surface area contributed by atoms with Gasteiger partial charge in [0.2, 0.25) is 0 Å². The molecule has 2 atom stereocenters. The normalized spacial score (nSPS) is 20.4. The third-order valence-corrected chi connectivity index (χ3v) is 3.37. The maximum atomic E-state index is 12.6. The number of rotatable bonds is 3. The fourth-order valence-electron chi connectivity index (χ4n) is 2.27. The van der Waals surface area contributed by atoms with E-state index >= 15 is 0 Å². The molecule has 1 aromatic carbocycles. The number of nitriles is 1. The first kappa shape index (κ1) is 14.7. The number of nitrogens with one attached hydrogen (secondary N) is 1. The molecule has 2 unspecified atom stereocenters. The van der Waals surface area contributed by atoms with E-state index in [1.165, 1.54) is 6.07 Å². The number of hydrogen-bond acceptors (Lipinski definition) is 3. The highest BCUT2D eigenvalue weighted by Crippen LogP contribution is 2.32. The highest BCUT2D eigenvalue weighted by Gasteiger charge is 2.31. The summed E-state index contributed by atoms with van der Waals surface area (Å²) in [6.07, 6.45) is -2.51. The van der Waals surface area contributed by atoms with Gasteiger partial charge in [0.05, 0.1) is 22.9 Å². The fourth-order valence-corrected chi connectivity index (χ4v) is 2.27. The van der Waals surface area contributed by atoms with Crippen molar-refractivity contribution in [2.75, 3.05) is 11.9 Å². The molecular weight excluding hydrogens is 269 g/mol. The Kier molecular flexibility index (Phi) is 4.19. The molecule has 1 aliphatic rings. The molecule has 0 radical (unpaired) electrons. The SMILES string of the molecule is CC(Nc1ccc(C(F)(F)F)cc1C#N)C1CCCO1. The van der Waals surface area contributed by atoms with Gasteiger partial charge in [-0.05, 0) is 38.0 Å². The molecule has 0 amide bonds. The zero-order chi connectivity index (χ0) is 14.8. The van der Waals surface area contributed by atoms with E-state index in [0.717, 1.165) is 25.0 Å². The molecule has 0 bridgehead atoms. The van der Waals surface area contributed by atoms with E-state index < -0.39 is 11.7 Å². The molecule has 1 fully saturated rings. The van der Waals surface area contributed by atoms with E-state index in [2.05, 4.69) is 5.32 Å². The Balaban J connectivity index is 2.17. The van der Waals surface area contributed by atoms with Crippen molar-refractivity contribution in [2.24, 2.45) is 0 Å². The van der Waals surface area contributed by atoms with Crippen LogP contribution in [-0.4, -0.2) is 18.8 Å². The van der Waals surface area contributed by atoms with E-state index in [1.807, 2.05) is 6.92 Å². The maximum Gasteiger partial charge on any atom is 0.416 e. The lowest BCUT2D eigenvalue weighted by Crippen LogP contribution is -2.30. The minimum absolute atomic E-state index is 0.00956. The van der Waals surface area contributed by atoms with Crippen molar-refractivity contribution in [1.29, 1.82) is 5.26 Å². The van der Waals surface area contributed by atoms with Gasteiger partial charge < -0.3 is 10.1 Å². The summed E-state index contributed by atoms with van der Waals surface area (Å²) >= 11 is 0. The molecule has 1 aromatic rings. The summed E-state index contributed by atoms with van der Waals surface area (Å²) < 4.78 is 43.3. The van der Waals surface area contributed by atoms with E-state index in [9.17, 15) is 13.2 Å². The Labute approximate surface area is 115 Å². The van der Waals surface area contributed by atoms with Gasteiger partial charge in [-0.15, -0.1) is 0 Å². The van der Waals surface area contributed by atoms with Crippen molar-refractivity contribution >= 4 is 5.69 Å². The van der Waals surface area contributed by atoms with Crippen LogP contribution in [0, 0.1) is 11.3 Å². The second-order valence-electron chi connectivity index (χ2n) is 4.85. The molecule has 0 spiro atoms. The largest absolute Gasteiger partial charge is 0.416 e. The third kappa shape index (κ3) is 3.23. The van der Waals surface area contributed by atoms with Gasteiger partial charge in [0, 0.05) is 12.6 Å². The Morgan fingerprint density at radius 1 is 1.45 bits per heavy atom. The molecule has 0 aliphatic carbocycles. The molecule has 6 heteroatoms. The quantitative estimate of drug-likeness (QED) is 0.923. The van der Waals surface area contributed by atoms with Crippen LogP contribution in [0.15, 0.2) is 18.2 Å². The second-order valence-corrected chi connectivity index (χ2v) is 4.85.